The highest BCUT2D eigenvalue weighted by molar-refractivity contribution is 6.31. The van der Waals surface area contributed by atoms with Crippen LogP contribution in [0.5, 0.6) is 0 Å². The monoisotopic (exact) mass is 278 g/mol. The topological polar surface area (TPSA) is 68.3 Å². The Bertz CT molecular complexity index is 580. The van der Waals surface area contributed by atoms with Gasteiger partial charge in [-0.1, -0.05) is 29.8 Å². The average molecular weight is 279 g/mol. The third kappa shape index (κ3) is 3.16. The molecule has 2 rings (SSSR count). The Morgan fingerprint density at radius 3 is 2.74 bits per heavy atom. The fraction of sp³-hybridized carbons (Fsp3) is 0.214. The van der Waals surface area contributed by atoms with Gasteiger partial charge in [-0.25, -0.2) is 0 Å². The Kier molecular flexibility index (Phi) is 4.24. The van der Waals surface area contributed by atoms with Crippen molar-refractivity contribution in [3.63, 3.8) is 0 Å². The van der Waals surface area contributed by atoms with Gasteiger partial charge in [-0.05, 0) is 30.7 Å². The second-order valence-corrected chi connectivity index (χ2v) is 4.59. The summed E-state index contributed by atoms with van der Waals surface area (Å²) < 4.78 is 5.29. The van der Waals surface area contributed by atoms with E-state index in [1.165, 1.54) is 0 Å². The molecule has 0 saturated heterocycles. The summed E-state index contributed by atoms with van der Waals surface area (Å²) in [7, 11) is 0. The second-order valence-electron chi connectivity index (χ2n) is 4.19. The highest BCUT2D eigenvalue weighted by Crippen LogP contribution is 2.22. The second kappa shape index (κ2) is 5.91. The molecule has 1 atom stereocenters. The van der Waals surface area contributed by atoms with Crippen LogP contribution in [-0.4, -0.2) is 5.91 Å². The van der Waals surface area contributed by atoms with Crippen molar-refractivity contribution in [2.24, 2.45) is 5.73 Å². The van der Waals surface area contributed by atoms with Crippen molar-refractivity contribution in [1.82, 2.24) is 5.32 Å². The van der Waals surface area contributed by atoms with Gasteiger partial charge in [-0.2, -0.15) is 0 Å². The summed E-state index contributed by atoms with van der Waals surface area (Å²) in [4.78, 5) is 12.0. The quantitative estimate of drug-likeness (QED) is 0.903. The lowest BCUT2D eigenvalue weighted by atomic mass is 10.1. The molecule has 0 aliphatic rings. The number of nitrogens with one attached hydrogen (secondary N) is 1. The summed E-state index contributed by atoms with van der Waals surface area (Å²) in [5, 5.41) is 3.46. The van der Waals surface area contributed by atoms with Crippen LogP contribution in [0.2, 0.25) is 5.02 Å². The van der Waals surface area contributed by atoms with Gasteiger partial charge in [0, 0.05) is 5.02 Å². The van der Waals surface area contributed by atoms with Gasteiger partial charge >= 0.3 is 0 Å². The van der Waals surface area contributed by atoms with Gasteiger partial charge < -0.3 is 15.5 Å². The van der Waals surface area contributed by atoms with Crippen molar-refractivity contribution in [3.05, 3.63) is 58.5 Å². The summed E-state index contributed by atoms with van der Waals surface area (Å²) in [5.41, 5.74) is 6.30. The van der Waals surface area contributed by atoms with E-state index >= 15 is 0 Å². The Morgan fingerprint density at radius 1 is 1.37 bits per heavy atom. The molecule has 0 spiro atoms. The zero-order valence-electron chi connectivity index (χ0n) is 10.5. The molecule has 0 aliphatic carbocycles. The fourth-order valence-corrected chi connectivity index (χ4v) is 2.08. The Hall–Kier alpha value is -1.78. The Morgan fingerprint density at radius 2 is 2.11 bits per heavy atom. The minimum Gasteiger partial charge on any atom is -0.455 e. The lowest BCUT2D eigenvalue weighted by molar-refractivity contribution is 0.0910. The summed E-state index contributed by atoms with van der Waals surface area (Å²) in [6, 6.07) is 10.5. The molecule has 0 bridgehead atoms. The van der Waals surface area contributed by atoms with E-state index in [2.05, 4.69) is 5.32 Å². The molecule has 5 heteroatoms. The van der Waals surface area contributed by atoms with Crippen molar-refractivity contribution in [2.45, 2.75) is 19.5 Å². The SMILES string of the molecule is C[C@@H](NC(=O)c1ccc(CN)o1)c1ccccc1Cl. The molecule has 2 aromatic rings. The van der Waals surface area contributed by atoms with E-state index in [1.807, 2.05) is 25.1 Å². The molecule has 3 N–H and O–H groups in total. The largest absolute Gasteiger partial charge is 0.455 e. The zero-order chi connectivity index (χ0) is 13.8. The van der Waals surface area contributed by atoms with E-state index in [4.69, 9.17) is 21.8 Å². The fourth-order valence-electron chi connectivity index (χ4n) is 1.78. The van der Waals surface area contributed by atoms with E-state index in [0.29, 0.717) is 10.8 Å². The normalized spacial score (nSPS) is 12.2. The first-order chi connectivity index (χ1) is 9.11. The van der Waals surface area contributed by atoms with Crippen LogP contribution >= 0.6 is 11.6 Å². The Labute approximate surface area is 116 Å². The molecule has 0 unspecified atom stereocenters. The smallest absolute Gasteiger partial charge is 0.287 e. The lowest BCUT2D eigenvalue weighted by Crippen LogP contribution is -2.26. The van der Waals surface area contributed by atoms with E-state index < -0.39 is 0 Å². The maximum atomic E-state index is 12.0. The molecule has 0 radical (unpaired) electrons. The molecule has 1 aromatic carbocycles. The van der Waals surface area contributed by atoms with E-state index in [0.717, 1.165) is 5.56 Å². The van der Waals surface area contributed by atoms with Crippen molar-refractivity contribution >= 4 is 17.5 Å². The predicted octanol–water partition coefficient (Wildman–Crippen LogP) is 2.88. The lowest BCUT2D eigenvalue weighted by Gasteiger charge is -2.14. The molecular weight excluding hydrogens is 264 g/mol. The third-order valence-corrected chi connectivity index (χ3v) is 3.15. The minimum absolute atomic E-state index is 0.201. The van der Waals surface area contributed by atoms with Gasteiger partial charge in [0.05, 0.1) is 12.6 Å². The molecule has 19 heavy (non-hydrogen) atoms. The number of hydrogen-bond acceptors (Lipinski definition) is 3. The van der Waals surface area contributed by atoms with Gasteiger partial charge in [0.25, 0.3) is 5.91 Å². The van der Waals surface area contributed by atoms with Crippen molar-refractivity contribution in [3.8, 4) is 0 Å². The zero-order valence-corrected chi connectivity index (χ0v) is 11.3. The molecular formula is C14H15ClN2O2. The van der Waals surface area contributed by atoms with Crippen LogP contribution in [0.3, 0.4) is 0 Å². The molecule has 4 nitrogen and oxygen atoms in total. The molecule has 0 fully saturated rings. The average Bonchev–Trinajstić information content (AvgIpc) is 2.88. The molecule has 1 aromatic heterocycles. The summed E-state index contributed by atoms with van der Waals surface area (Å²) in [5.74, 6) is 0.544. The van der Waals surface area contributed by atoms with Crippen LogP contribution in [0, 0.1) is 0 Å². The third-order valence-electron chi connectivity index (χ3n) is 2.81. The maximum absolute atomic E-state index is 12.0. The van der Waals surface area contributed by atoms with Crippen molar-refractivity contribution in [1.29, 1.82) is 0 Å². The van der Waals surface area contributed by atoms with Crippen LogP contribution in [0.1, 0.15) is 34.8 Å². The molecule has 1 amide bonds. The first-order valence-corrected chi connectivity index (χ1v) is 6.33. The highest BCUT2D eigenvalue weighted by Gasteiger charge is 2.16. The van der Waals surface area contributed by atoms with Crippen molar-refractivity contribution < 1.29 is 9.21 Å². The van der Waals surface area contributed by atoms with E-state index in [-0.39, 0.29) is 24.3 Å². The van der Waals surface area contributed by atoms with Crippen LogP contribution in [-0.2, 0) is 6.54 Å². The van der Waals surface area contributed by atoms with Gasteiger partial charge in [-0.3, -0.25) is 4.79 Å². The summed E-state index contributed by atoms with van der Waals surface area (Å²) >= 11 is 6.08. The van der Waals surface area contributed by atoms with Gasteiger partial charge in [0.2, 0.25) is 0 Å². The van der Waals surface area contributed by atoms with E-state index in [1.54, 1.807) is 18.2 Å². The first kappa shape index (κ1) is 13.6. The standard InChI is InChI=1S/C14H15ClN2O2/c1-9(11-4-2-3-5-12(11)15)17-14(18)13-7-6-10(8-16)19-13/h2-7,9H,8,16H2,1H3,(H,17,18)/t9-/m1/s1. The maximum Gasteiger partial charge on any atom is 0.287 e. The summed E-state index contributed by atoms with van der Waals surface area (Å²) in [6.45, 7) is 2.14. The number of carbonyl (C=O) groups excluding carboxylic acids is 1. The van der Waals surface area contributed by atoms with Crippen molar-refractivity contribution in [2.75, 3.05) is 0 Å². The summed E-state index contributed by atoms with van der Waals surface area (Å²) in [6.07, 6.45) is 0. The van der Waals surface area contributed by atoms with Crippen LogP contribution in [0.4, 0.5) is 0 Å². The predicted molar refractivity (Wildman–Crippen MR) is 73.9 cm³/mol. The molecule has 0 aliphatic heterocycles. The number of amides is 1. The Balaban J connectivity index is 2.08. The van der Waals surface area contributed by atoms with Crippen LogP contribution < -0.4 is 11.1 Å². The highest BCUT2D eigenvalue weighted by atomic mass is 35.5. The number of benzene rings is 1. The molecule has 0 saturated carbocycles. The van der Waals surface area contributed by atoms with Gasteiger partial charge in [-0.15, -0.1) is 0 Å². The number of furan rings is 1. The van der Waals surface area contributed by atoms with Gasteiger partial charge in [0.1, 0.15) is 5.76 Å². The minimum atomic E-state index is -0.285. The van der Waals surface area contributed by atoms with Gasteiger partial charge in [0.15, 0.2) is 5.76 Å². The number of carbonyl (C=O) groups is 1. The molecule has 1 heterocycles. The number of nitrogens with two attached hydrogens (primary N) is 1. The van der Waals surface area contributed by atoms with Crippen LogP contribution in [0.15, 0.2) is 40.8 Å². The first-order valence-electron chi connectivity index (χ1n) is 5.96. The van der Waals surface area contributed by atoms with Crippen LogP contribution in [0.25, 0.3) is 0 Å². The van der Waals surface area contributed by atoms with E-state index in [9.17, 15) is 4.79 Å². The molecule has 100 valence electrons. The number of rotatable bonds is 4. The number of halogens is 1. The number of hydrogen-bond donors (Lipinski definition) is 2.